The van der Waals surface area contributed by atoms with E-state index < -0.39 is 5.97 Å². The Morgan fingerprint density at radius 1 is 1.23 bits per heavy atom. The molecule has 0 unspecified atom stereocenters. The SMILES string of the molecule is CCCn1nc(C)c(C(=O)Nc2ccc(OCCCC(=O)O)cc2)c1C. The molecule has 0 aliphatic rings. The molecule has 0 saturated carbocycles. The number of benzene rings is 1. The quantitative estimate of drug-likeness (QED) is 0.669. The van der Waals surface area contributed by atoms with Crippen LogP contribution < -0.4 is 10.1 Å². The van der Waals surface area contributed by atoms with Crippen LogP contribution in [0, 0.1) is 13.8 Å². The molecule has 0 atom stereocenters. The van der Waals surface area contributed by atoms with Crippen molar-refractivity contribution >= 4 is 17.6 Å². The third kappa shape index (κ3) is 5.08. The highest BCUT2D eigenvalue weighted by Crippen LogP contribution is 2.19. The topological polar surface area (TPSA) is 93.5 Å². The number of carboxylic acid groups (broad SMARTS) is 1. The molecule has 140 valence electrons. The molecule has 1 heterocycles. The van der Waals surface area contributed by atoms with E-state index >= 15 is 0 Å². The Bertz CT molecular complexity index is 766. The Morgan fingerprint density at radius 3 is 2.54 bits per heavy atom. The molecule has 2 aromatic rings. The highest BCUT2D eigenvalue weighted by Gasteiger charge is 2.18. The van der Waals surface area contributed by atoms with Crippen molar-refractivity contribution in [1.82, 2.24) is 9.78 Å². The number of carbonyl (C=O) groups is 2. The first kappa shape index (κ1) is 19.5. The van der Waals surface area contributed by atoms with Gasteiger partial charge >= 0.3 is 5.97 Å². The summed E-state index contributed by atoms with van der Waals surface area (Å²) in [5.74, 6) is -0.381. The van der Waals surface area contributed by atoms with Gasteiger partial charge in [0.05, 0.1) is 17.9 Å². The zero-order valence-corrected chi connectivity index (χ0v) is 15.4. The molecule has 1 aromatic heterocycles. The third-order valence-electron chi connectivity index (χ3n) is 3.96. The van der Waals surface area contributed by atoms with Gasteiger partial charge < -0.3 is 15.2 Å². The predicted molar refractivity (Wildman–Crippen MR) is 98.8 cm³/mol. The number of carbonyl (C=O) groups excluding carboxylic acids is 1. The van der Waals surface area contributed by atoms with E-state index in [2.05, 4.69) is 17.3 Å². The molecular formula is C19H25N3O4. The maximum atomic E-state index is 12.6. The Morgan fingerprint density at radius 2 is 1.92 bits per heavy atom. The fourth-order valence-corrected chi connectivity index (χ4v) is 2.70. The van der Waals surface area contributed by atoms with Gasteiger partial charge in [-0.05, 0) is 51.0 Å². The molecule has 2 N–H and O–H groups in total. The first-order valence-electron chi connectivity index (χ1n) is 8.72. The van der Waals surface area contributed by atoms with Crippen LogP contribution in [-0.2, 0) is 11.3 Å². The van der Waals surface area contributed by atoms with Gasteiger partial charge in [0.1, 0.15) is 5.75 Å². The van der Waals surface area contributed by atoms with Crippen molar-refractivity contribution in [3.8, 4) is 5.75 Å². The fraction of sp³-hybridized carbons (Fsp3) is 0.421. The summed E-state index contributed by atoms with van der Waals surface area (Å²) in [5.41, 5.74) is 2.84. The van der Waals surface area contributed by atoms with Crippen LogP contribution in [0.1, 0.15) is 47.9 Å². The van der Waals surface area contributed by atoms with Crippen LogP contribution in [0.2, 0.25) is 0 Å². The molecule has 0 radical (unpaired) electrons. The third-order valence-corrected chi connectivity index (χ3v) is 3.96. The van der Waals surface area contributed by atoms with Crippen molar-refractivity contribution in [1.29, 1.82) is 0 Å². The maximum absolute atomic E-state index is 12.6. The molecule has 1 aromatic carbocycles. The molecule has 2 rings (SSSR count). The first-order chi connectivity index (χ1) is 12.4. The van der Waals surface area contributed by atoms with Gasteiger partial charge in [-0.15, -0.1) is 0 Å². The second-order valence-corrected chi connectivity index (χ2v) is 6.09. The number of carboxylic acids is 1. The monoisotopic (exact) mass is 359 g/mol. The molecule has 26 heavy (non-hydrogen) atoms. The molecule has 7 nitrogen and oxygen atoms in total. The lowest BCUT2D eigenvalue weighted by atomic mass is 10.1. The number of amides is 1. The maximum Gasteiger partial charge on any atom is 0.303 e. The van der Waals surface area contributed by atoms with Crippen molar-refractivity contribution in [2.45, 2.75) is 46.6 Å². The minimum absolute atomic E-state index is 0.0819. The molecular weight excluding hydrogens is 334 g/mol. The Hall–Kier alpha value is -2.83. The summed E-state index contributed by atoms with van der Waals surface area (Å²) in [6.45, 7) is 6.93. The largest absolute Gasteiger partial charge is 0.494 e. The minimum Gasteiger partial charge on any atom is -0.494 e. The zero-order valence-electron chi connectivity index (χ0n) is 15.4. The summed E-state index contributed by atoms with van der Waals surface area (Å²) in [5, 5.41) is 15.9. The van der Waals surface area contributed by atoms with Crippen molar-refractivity contribution in [2.75, 3.05) is 11.9 Å². The van der Waals surface area contributed by atoms with Gasteiger partial charge in [0.25, 0.3) is 5.91 Å². The summed E-state index contributed by atoms with van der Waals surface area (Å²) in [4.78, 5) is 23.0. The minimum atomic E-state index is -0.834. The average molecular weight is 359 g/mol. The van der Waals surface area contributed by atoms with E-state index in [9.17, 15) is 9.59 Å². The standard InChI is InChI=1S/C19H25N3O4/c1-4-11-22-14(3)18(13(2)21-22)19(25)20-15-7-9-16(10-8-15)26-12-5-6-17(23)24/h7-10H,4-6,11-12H2,1-3H3,(H,20,25)(H,23,24). The molecule has 7 heteroatoms. The number of aromatic nitrogens is 2. The van der Waals surface area contributed by atoms with Crippen LogP contribution in [0.25, 0.3) is 0 Å². The van der Waals surface area contributed by atoms with Gasteiger partial charge in [-0.3, -0.25) is 14.3 Å². The second kappa shape index (κ2) is 9.03. The van der Waals surface area contributed by atoms with Crippen LogP contribution >= 0.6 is 0 Å². The number of anilines is 1. The normalized spacial score (nSPS) is 10.6. The fourth-order valence-electron chi connectivity index (χ4n) is 2.70. The number of nitrogens with zero attached hydrogens (tertiary/aromatic N) is 2. The lowest BCUT2D eigenvalue weighted by Crippen LogP contribution is -2.14. The highest BCUT2D eigenvalue weighted by atomic mass is 16.5. The highest BCUT2D eigenvalue weighted by molar-refractivity contribution is 6.05. The number of aryl methyl sites for hydroxylation is 2. The van der Waals surface area contributed by atoms with E-state index in [4.69, 9.17) is 9.84 Å². The number of nitrogens with one attached hydrogen (secondary N) is 1. The smallest absolute Gasteiger partial charge is 0.303 e. The summed E-state index contributed by atoms with van der Waals surface area (Å²) in [6.07, 6.45) is 1.49. The second-order valence-electron chi connectivity index (χ2n) is 6.09. The molecule has 0 aliphatic heterocycles. The molecule has 0 saturated heterocycles. The van der Waals surface area contributed by atoms with Crippen molar-refractivity contribution in [2.24, 2.45) is 0 Å². The Kier molecular flexibility index (Phi) is 6.77. The molecule has 0 spiro atoms. The van der Waals surface area contributed by atoms with E-state index in [1.807, 2.05) is 18.5 Å². The van der Waals surface area contributed by atoms with Gasteiger partial charge in [-0.25, -0.2) is 0 Å². The van der Waals surface area contributed by atoms with Crippen LogP contribution in [0.5, 0.6) is 5.75 Å². The van der Waals surface area contributed by atoms with Crippen molar-refractivity contribution in [3.05, 3.63) is 41.2 Å². The van der Waals surface area contributed by atoms with Gasteiger partial charge in [0.2, 0.25) is 0 Å². The molecule has 1 amide bonds. The van der Waals surface area contributed by atoms with E-state index in [1.54, 1.807) is 24.3 Å². The number of aliphatic carboxylic acids is 1. The number of hydrogen-bond donors (Lipinski definition) is 2. The summed E-state index contributed by atoms with van der Waals surface area (Å²) in [6, 6.07) is 7.00. The summed E-state index contributed by atoms with van der Waals surface area (Å²) in [7, 11) is 0. The van der Waals surface area contributed by atoms with Crippen LogP contribution in [0.15, 0.2) is 24.3 Å². The van der Waals surface area contributed by atoms with Crippen LogP contribution in [0.3, 0.4) is 0 Å². The Balaban J connectivity index is 1.96. The van der Waals surface area contributed by atoms with E-state index in [1.165, 1.54) is 0 Å². The molecule has 0 fully saturated rings. The van der Waals surface area contributed by atoms with E-state index in [0.717, 1.165) is 18.7 Å². The van der Waals surface area contributed by atoms with Crippen molar-refractivity contribution in [3.63, 3.8) is 0 Å². The summed E-state index contributed by atoms with van der Waals surface area (Å²) < 4.78 is 7.34. The van der Waals surface area contributed by atoms with Gasteiger partial charge in [-0.2, -0.15) is 5.10 Å². The molecule has 0 bridgehead atoms. The lowest BCUT2D eigenvalue weighted by Gasteiger charge is -2.08. The van der Waals surface area contributed by atoms with Crippen LogP contribution in [-0.4, -0.2) is 33.4 Å². The number of rotatable bonds is 9. The van der Waals surface area contributed by atoms with Gasteiger partial charge in [0.15, 0.2) is 0 Å². The van der Waals surface area contributed by atoms with E-state index in [-0.39, 0.29) is 12.3 Å². The van der Waals surface area contributed by atoms with Gasteiger partial charge in [-0.1, -0.05) is 6.92 Å². The number of ether oxygens (including phenoxy) is 1. The van der Waals surface area contributed by atoms with E-state index in [0.29, 0.717) is 35.7 Å². The van der Waals surface area contributed by atoms with Crippen LogP contribution in [0.4, 0.5) is 5.69 Å². The Labute approximate surface area is 153 Å². The first-order valence-corrected chi connectivity index (χ1v) is 8.72. The lowest BCUT2D eigenvalue weighted by molar-refractivity contribution is -0.137. The number of hydrogen-bond acceptors (Lipinski definition) is 4. The van der Waals surface area contributed by atoms with Crippen molar-refractivity contribution < 1.29 is 19.4 Å². The van der Waals surface area contributed by atoms with Gasteiger partial charge in [0, 0.05) is 24.3 Å². The average Bonchev–Trinajstić information content (AvgIpc) is 2.87. The zero-order chi connectivity index (χ0) is 19.1. The molecule has 0 aliphatic carbocycles. The predicted octanol–water partition coefficient (Wildman–Crippen LogP) is 3.41. The summed E-state index contributed by atoms with van der Waals surface area (Å²) >= 11 is 0.